The summed E-state index contributed by atoms with van der Waals surface area (Å²) in [4.78, 5) is 37.9. The lowest BCUT2D eigenvalue weighted by molar-refractivity contribution is -0.122. The molecule has 7 nitrogen and oxygen atoms in total. The van der Waals surface area contributed by atoms with E-state index in [1.165, 1.54) is 18.1 Å². The summed E-state index contributed by atoms with van der Waals surface area (Å²) in [6, 6.07) is 10.3. The van der Waals surface area contributed by atoms with Crippen LogP contribution in [-0.4, -0.2) is 49.4 Å². The minimum atomic E-state index is -0.467. The Morgan fingerprint density at radius 2 is 1.96 bits per heavy atom. The van der Waals surface area contributed by atoms with Crippen molar-refractivity contribution >= 4 is 35.0 Å². The Morgan fingerprint density at radius 3 is 2.71 bits per heavy atom. The van der Waals surface area contributed by atoms with Crippen LogP contribution in [0.15, 0.2) is 45.7 Å². The Kier molecular flexibility index (Phi) is 6.33. The van der Waals surface area contributed by atoms with Crippen LogP contribution in [0.3, 0.4) is 0 Å². The van der Waals surface area contributed by atoms with Crippen LogP contribution in [-0.2, 0) is 14.3 Å². The molecule has 0 atom stereocenters. The van der Waals surface area contributed by atoms with Crippen molar-refractivity contribution in [3.63, 3.8) is 0 Å². The van der Waals surface area contributed by atoms with Gasteiger partial charge >= 0.3 is 5.97 Å². The van der Waals surface area contributed by atoms with E-state index in [1.807, 2.05) is 0 Å². The molecular formula is C20H19NO6S. The van der Waals surface area contributed by atoms with Crippen molar-refractivity contribution in [2.45, 2.75) is 6.42 Å². The summed E-state index contributed by atoms with van der Waals surface area (Å²) in [5.41, 5.74) is 0.964. The number of esters is 1. The van der Waals surface area contributed by atoms with E-state index in [9.17, 15) is 14.4 Å². The van der Waals surface area contributed by atoms with Gasteiger partial charge in [0.15, 0.2) is 0 Å². The molecule has 1 aromatic carbocycles. The highest BCUT2D eigenvalue weighted by Gasteiger charge is 2.34. The maximum atomic E-state index is 12.4. The zero-order valence-corrected chi connectivity index (χ0v) is 16.3. The van der Waals surface area contributed by atoms with Crippen LogP contribution in [0.4, 0.5) is 4.79 Å². The van der Waals surface area contributed by atoms with E-state index in [4.69, 9.17) is 13.9 Å². The van der Waals surface area contributed by atoms with Crippen molar-refractivity contribution < 1.29 is 28.3 Å². The minimum Gasteiger partial charge on any atom is -0.465 e. The Bertz CT molecular complexity index is 932. The van der Waals surface area contributed by atoms with Gasteiger partial charge in [-0.2, -0.15) is 0 Å². The van der Waals surface area contributed by atoms with Crippen molar-refractivity contribution in [3.8, 4) is 11.3 Å². The van der Waals surface area contributed by atoms with Crippen LogP contribution >= 0.6 is 11.8 Å². The predicted octanol–water partition coefficient (Wildman–Crippen LogP) is 3.81. The highest BCUT2D eigenvalue weighted by Crippen LogP contribution is 2.34. The second-order valence-corrected chi connectivity index (χ2v) is 6.91. The standard InChI is InChI=1S/C20H19NO6S/c1-25-11-5-10-21-18(22)17(28-20(21)24)12-13-8-9-16(27-13)14-6-3-4-7-15(14)19(23)26-2/h3-4,6-9,12H,5,10-11H2,1-2H3/b17-12+. The van der Waals surface area contributed by atoms with Gasteiger partial charge in [0.05, 0.1) is 17.6 Å². The number of rotatable bonds is 7. The molecule has 28 heavy (non-hydrogen) atoms. The predicted molar refractivity (Wildman–Crippen MR) is 105 cm³/mol. The van der Waals surface area contributed by atoms with Crippen molar-refractivity contribution in [1.29, 1.82) is 0 Å². The summed E-state index contributed by atoms with van der Waals surface area (Å²) in [6.07, 6.45) is 2.11. The molecule has 1 fully saturated rings. The van der Waals surface area contributed by atoms with E-state index >= 15 is 0 Å². The van der Waals surface area contributed by atoms with Gasteiger partial charge < -0.3 is 13.9 Å². The highest BCUT2D eigenvalue weighted by atomic mass is 32.2. The number of methoxy groups -OCH3 is 2. The van der Waals surface area contributed by atoms with Crippen LogP contribution in [0, 0.1) is 0 Å². The number of benzene rings is 1. The lowest BCUT2D eigenvalue weighted by atomic mass is 10.1. The zero-order chi connectivity index (χ0) is 20.1. The van der Waals surface area contributed by atoms with E-state index in [0.29, 0.717) is 47.1 Å². The lowest BCUT2D eigenvalue weighted by Gasteiger charge is -2.11. The molecule has 0 aliphatic carbocycles. The molecule has 0 radical (unpaired) electrons. The fraction of sp³-hybridized carbons (Fsp3) is 0.250. The van der Waals surface area contributed by atoms with Crippen LogP contribution < -0.4 is 0 Å². The molecule has 0 spiro atoms. The van der Waals surface area contributed by atoms with Crippen molar-refractivity contribution in [2.75, 3.05) is 27.4 Å². The van der Waals surface area contributed by atoms with E-state index in [1.54, 1.807) is 43.5 Å². The molecule has 1 aliphatic heterocycles. The molecule has 1 aliphatic rings. The average Bonchev–Trinajstić information content (AvgIpc) is 3.27. The number of hydrogen-bond donors (Lipinski definition) is 0. The number of furan rings is 1. The Balaban J connectivity index is 1.81. The maximum Gasteiger partial charge on any atom is 0.338 e. The van der Waals surface area contributed by atoms with E-state index in [-0.39, 0.29) is 11.1 Å². The fourth-order valence-electron chi connectivity index (χ4n) is 2.75. The third-order valence-corrected chi connectivity index (χ3v) is 5.01. The van der Waals surface area contributed by atoms with Crippen molar-refractivity contribution in [2.24, 2.45) is 0 Å². The van der Waals surface area contributed by atoms with E-state index in [2.05, 4.69) is 0 Å². The largest absolute Gasteiger partial charge is 0.465 e. The first-order chi connectivity index (χ1) is 13.5. The third kappa shape index (κ3) is 4.18. The van der Waals surface area contributed by atoms with Gasteiger partial charge in [-0.3, -0.25) is 14.5 Å². The topological polar surface area (TPSA) is 86.1 Å². The number of thioether (sulfide) groups is 1. The number of carbonyl (C=O) groups excluding carboxylic acids is 3. The molecule has 2 amide bonds. The zero-order valence-electron chi connectivity index (χ0n) is 15.5. The Morgan fingerprint density at radius 1 is 1.18 bits per heavy atom. The minimum absolute atomic E-state index is 0.296. The van der Waals surface area contributed by atoms with Crippen LogP contribution in [0.25, 0.3) is 17.4 Å². The third-order valence-electron chi connectivity index (χ3n) is 4.10. The Labute approximate surface area is 166 Å². The van der Waals surface area contributed by atoms with Gasteiger partial charge in [0.2, 0.25) is 0 Å². The van der Waals surface area contributed by atoms with Crippen LogP contribution in [0.1, 0.15) is 22.5 Å². The Hall–Kier alpha value is -2.84. The summed E-state index contributed by atoms with van der Waals surface area (Å²) in [6.45, 7) is 0.785. The molecule has 0 saturated carbocycles. The quantitative estimate of drug-likeness (QED) is 0.396. The van der Waals surface area contributed by atoms with E-state index < -0.39 is 5.97 Å². The molecular weight excluding hydrogens is 382 g/mol. The summed E-state index contributed by atoms with van der Waals surface area (Å²) in [5.74, 6) is 0.0633. The number of imide groups is 1. The van der Waals surface area contributed by atoms with Crippen LogP contribution in [0.2, 0.25) is 0 Å². The molecule has 146 valence electrons. The smallest absolute Gasteiger partial charge is 0.338 e. The molecule has 2 aromatic rings. The first-order valence-corrected chi connectivity index (χ1v) is 9.38. The fourth-order valence-corrected chi connectivity index (χ4v) is 3.60. The van der Waals surface area contributed by atoms with Gasteiger partial charge in [-0.1, -0.05) is 18.2 Å². The lowest BCUT2D eigenvalue weighted by Crippen LogP contribution is -2.29. The second kappa shape index (κ2) is 8.90. The number of nitrogens with zero attached hydrogens (tertiary/aromatic N) is 1. The van der Waals surface area contributed by atoms with Crippen molar-refractivity contribution in [1.82, 2.24) is 4.90 Å². The summed E-state index contributed by atoms with van der Waals surface area (Å²) in [7, 11) is 2.88. The van der Waals surface area contributed by atoms with E-state index in [0.717, 1.165) is 11.8 Å². The van der Waals surface area contributed by atoms with Gasteiger partial charge in [0.1, 0.15) is 11.5 Å². The number of ether oxygens (including phenoxy) is 2. The van der Waals surface area contributed by atoms with Crippen molar-refractivity contribution in [3.05, 3.63) is 52.6 Å². The van der Waals surface area contributed by atoms with Crippen LogP contribution in [0.5, 0.6) is 0 Å². The van der Waals surface area contributed by atoms with Gasteiger partial charge in [0.25, 0.3) is 11.1 Å². The summed E-state index contributed by atoms with van der Waals surface area (Å²) in [5, 5.41) is -0.310. The second-order valence-electron chi connectivity index (χ2n) is 5.92. The SMILES string of the molecule is COCCCN1C(=O)S/C(=C/c2ccc(-c3ccccc3C(=O)OC)o2)C1=O. The van der Waals surface area contributed by atoms with Gasteiger partial charge in [0, 0.05) is 31.9 Å². The molecule has 3 rings (SSSR count). The highest BCUT2D eigenvalue weighted by molar-refractivity contribution is 8.18. The summed E-state index contributed by atoms with van der Waals surface area (Å²) < 4.78 is 15.5. The molecule has 8 heteroatoms. The number of amides is 2. The number of hydrogen-bond acceptors (Lipinski definition) is 7. The maximum absolute atomic E-state index is 12.4. The normalized spacial score (nSPS) is 15.5. The molecule has 2 heterocycles. The molecule has 0 N–H and O–H groups in total. The molecule has 0 bridgehead atoms. The monoisotopic (exact) mass is 401 g/mol. The first-order valence-electron chi connectivity index (χ1n) is 8.57. The summed E-state index contributed by atoms with van der Waals surface area (Å²) >= 11 is 0.875. The molecule has 1 saturated heterocycles. The molecule has 0 unspecified atom stereocenters. The molecule has 1 aromatic heterocycles. The first kappa shape index (κ1) is 19.9. The van der Waals surface area contributed by atoms with Gasteiger partial charge in [-0.25, -0.2) is 4.79 Å². The number of carbonyl (C=O) groups is 3. The average molecular weight is 401 g/mol. The van der Waals surface area contributed by atoms with Gasteiger partial charge in [-0.15, -0.1) is 0 Å². The van der Waals surface area contributed by atoms with Gasteiger partial charge in [-0.05, 0) is 36.4 Å².